The van der Waals surface area contributed by atoms with Crippen LogP contribution in [0.25, 0.3) is 11.4 Å². The van der Waals surface area contributed by atoms with Gasteiger partial charge in [0.2, 0.25) is 11.1 Å². The van der Waals surface area contributed by atoms with Gasteiger partial charge in [0.05, 0.1) is 17.0 Å². The summed E-state index contributed by atoms with van der Waals surface area (Å²) < 4.78 is 0. The number of carbonyl (C=O) groups is 2. The van der Waals surface area contributed by atoms with E-state index in [-0.39, 0.29) is 23.6 Å². The molecule has 1 fully saturated rings. The summed E-state index contributed by atoms with van der Waals surface area (Å²) >= 11 is 7.12. The van der Waals surface area contributed by atoms with Crippen molar-refractivity contribution in [3.05, 3.63) is 59.1 Å². The summed E-state index contributed by atoms with van der Waals surface area (Å²) in [7, 11) is 0. The number of hydrogen-bond donors (Lipinski definition) is 3. The van der Waals surface area contributed by atoms with E-state index in [1.807, 2.05) is 12.1 Å². The molecule has 1 heterocycles. The van der Waals surface area contributed by atoms with Crippen LogP contribution in [0.5, 0.6) is 0 Å². The first-order valence-electron chi connectivity index (χ1n) is 10.1. The van der Waals surface area contributed by atoms with E-state index >= 15 is 0 Å². The van der Waals surface area contributed by atoms with Gasteiger partial charge in [-0.15, -0.1) is 5.10 Å². The fourth-order valence-electron chi connectivity index (χ4n) is 3.49. The lowest BCUT2D eigenvalue weighted by Gasteiger charge is -2.14. The number of nitrogens with zero attached hydrogens (tertiary/aromatic N) is 2. The lowest BCUT2D eigenvalue weighted by atomic mass is 10.1. The molecule has 2 aromatic carbocycles. The van der Waals surface area contributed by atoms with Gasteiger partial charge in [-0.05, 0) is 49.2 Å². The Labute approximate surface area is 189 Å². The molecule has 7 nitrogen and oxygen atoms in total. The topological polar surface area (TPSA) is 99.8 Å². The lowest BCUT2D eigenvalue weighted by Crippen LogP contribution is -2.33. The maximum absolute atomic E-state index is 12.6. The van der Waals surface area contributed by atoms with Gasteiger partial charge in [-0.3, -0.25) is 14.7 Å². The second kappa shape index (κ2) is 9.98. The molecule has 160 valence electrons. The number of halogens is 1. The Morgan fingerprint density at radius 2 is 1.84 bits per heavy atom. The van der Waals surface area contributed by atoms with Gasteiger partial charge in [0.1, 0.15) is 0 Å². The van der Waals surface area contributed by atoms with E-state index in [9.17, 15) is 9.59 Å². The summed E-state index contributed by atoms with van der Waals surface area (Å²) in [6, 6.07) is 14.5. The van der Waals surface area contributed by atoms with E-state index in [1.165, 1.54) is 11.8 Å². The predicted molar refractivity (Wildman–Crippen MR) is 122 cm³/mol. The van der Waals surface area contributed by atoms with E-state index in [1.54, 1.807) is 36.4 Å². The molecule has 9 heteroatoms. The maximum Gasteiger partial charge on any atom is 0.253 e. The zero-order valence-corrected chi connectivity index (χ0v) is 18.3. The predicted octanol–water partition coefficient (Wildman–Crippen LogP) is 4.53. The van der Waals surface area contributed by atoms with Gasteiger partial charge >= 0.3 is 0 Å². The average molecular weight is 456 g/mol. The molecular formula is C22H22ClN5O2S. The van der Waals surface area contributed by atoms with Crippen molar-refractivity contribution in [3.63, 3.8) is 0 Å². The van der Waals surface area contributed by atoms with Crippen molar-refractivity contribution in [2.75, 3.05) is 11.1 Å². The molecule has 1 aromatic heterocycles. The van der Waals surface area contributed by atoms with Crippen molar-refractivity contribution in [3.8, 4) is 11.4 Å². The van der Waals surface area contributed by atoms with Crippen LogP contribution < -0.4 is 10.6 Å². The van der Waals surface area contributed by atoms with Crippen LogP contribution in [0, 0.1) is 0 Å². The standard InChI is InChI=1S/C22H22ClN5O2S/c23-15-11-9-14(10-12-15)20-26-22(28-27-20)31-13-19(29)25-18-8-4-3-7-17(18)21(30)24-16-5-1-2-6-16/h3-4,7-12,16H,1-2,5-6,13H2,(H,24,30)(H,25,29)(H,26,27,28). The van der Waals surface area contributed by atoms with Crippen LogP contribution in [0.15, 0.2) is 53.7 Å². The monoisotopic (exact) mass is 455 g/mol. The zero-order valence-electron chi connectivity index (χ0n) is 16.7. The highest BCUT2D eigenvalue weighted by atomic mass is 35.5. The molecule has 0 radical (unpaired) electrons. The molecule has 0 bridgehead atoms. The SMILES string of the molecule is O=C(CSc1n[nH]c(-c2ccc(Cl)cc2)n1)Nc1ccccc1C(=O)NC1CCCC1. The molecule has 4 rings (SSSR count). The highest BCUT2D eigenvalue weighted by Crippen LogP contribution is 2.23. The molecule has 2 amide bonds. The second-order valence-corrected chi connectivity index (χ2v) is 8.69. The van der Waals surface area contributed by atoms with E-state index < -0.39 is 0 Å². The molecular weight excluding hydrogens is 434 g/mol. The van der Waals surface area contributed by atoms with E-state index in [0.717, 1.165) is 31.2 Å². The summed E-state index contributed by atoms with van der Waals surface area (Å²) in [5.74, 6) is 0.339. The average Bonchev–Trinajstić information content (AvgIpc) is 3.45. The van der Waals surface area contributed by atoms with Crippen molar-refractivity contribution >= 4 is 40.9 Å². The maximum atomic E-state index is 12.6. The summed E-state index contributed by atoms with van der Waals surface area (Å²) in [4.78, 5) is 29.5. The molecule has 3 aromatic rings. The number of rotatable bonds is 7. The molecule has 31 heavy (non-hydrogen) atoms. The quantitative estimate of drug-likeness (QED) is 0.454. The van der Waals surface area contributed by atoms with Gasteiger partial charge in [-0.1, -0.05) is 48.3 Å². The summed E-state index contributed by atoms with van der Waals surface area (Å²) in [5.41, 5.74) is 1.83. The van der Waals surface area contributed by atoms with Crippen LogP contribution in [0.3, 0.4) is 0 Å². The number of aromatic amines is 1. The lowest BCUT2D eigenvalue weighted by molar-refractivity contribution is -0.113. The molecule has 0 unspecified atom stereocenters. The van der Waals surface area contributed by atoms with Gasteiger partial charge in [0, 0.05) is 16.6 Å². The van der Waals surface area contributed by atoms with Gasteiger partial charge < -0.3 is 10.6 Å². The smallest absolute Gasteiger partial charge is 0.253 e. The van der Waals surface area contributed by atoms with E-state index in [4.69, 9.17) is 11.6 Å². The van der Waals surface area contributed by atoms with E-state index in [0.29, 0.717) is 27.3 Å². The third-order valence-electron chi connectivity index (χ3n) is 5.05. The van der Waals surface area contributed by atoms with Gasteiger partial charge in [0.15, 0.2) is 5.82 Å². The van der Waals surface area contributed by atoms with E-state index in [2.05, 4.69) is 25.8 Å². The Balaban J connectivity index is 1.34. The third kappa shape index (κ3) is 5.65. The Morgan fingerprint density at radius 1 is 1.10 bits per heavy atom. The Hall–Kier alpha value is -2.84. The Bertz CT molecular complexity index is 1060. The number of carbonyl (C=O) groups excluding carboxylic acids is 2. The highest BCUT2D eigenvalue weighted by Gasteiger charge is 2.20. The van der Waals surface area contributed by atoms with Crippen LogP contribution in [0.1, 0.15) is 36.0 Å². The van der Waals surface area contributed by atoms with Crippen LogP contribution in [0.2, 0.25) is 5.02 Å². The molecule has 1 aliphatic carbocycles. The van der Waals surface area contributed by atoms with Crippen molar-refractivity contribution in [2.45, 2.75) is 36.9 Å². The molecule has 0 aliphatic heterocycles. The summed E-state index contributed by atoms with van der Waals surface area (Å²) in [5, 5.41) is 14.0. The number of amides is 2. The first-order chi connectivity index (χ1) is 15.1. The van der Waals surface area contributed by atoms with Crippen molar-refractivity contribution in [1.82, 2.24) is 20.5 Å². The number of benzene rings is 2. The molecule has 0 atom stereocenters. The number of thioether (sulfide) groups is 1. The highest BCUT2D eigenvalue weighted by molar-refractivity contribution is 7.99. The number of anilines is 1. The van der Waals surface area contributed by atoms with Crippen molar-refractivity contribution in [2.24, 2.45) is 0 Å². The summed E-state index contributed by atoms with van der Waals surface area (Å²) in [6.45, 7) is 0. The summed E-state index contributed by atoms with van der Waals surface area (Å²) in [6.07, 6.45) is 4.29. The Kier molecular flexibility index (Phi) is 6.89. The first-order valence-corrected chi connectivity index (χ1v) is 11.5. The van der Waals surface area contributed by atoms with Crippen molar-refractivity contribution in [1.29, 1.82) is 0 Å². The molecule has 0 saturated heterocycles. The molecule has 1 aliphatic rings. The minimum absolute atomic E-state index is 0.122. The zero-order chi connectivity index (χ0) is 21.6. The van der Waals surface area contributed by atoms with Gasteiger partial charge in [0.25, 0.3) is 5.91 Å². The minimum atomic E-state index is -0.232. The second-order valence-electron chi connectivity index (χ2n) is 7.31. The normalized spacial score (nSPS) is 13.8. The van der Waals surface area contributed by atoms with Gasteiger partial charge in [-0.25, -0.2) is 4.98 Å². The molecule has 3 N–H and O–H groups in total. The first kappa shape index (κ1) is 21.4. The molecule has 0 spiro atoms. The number of aromatic nitrogens is 3. The largest absolute Gasteiger partial charge is 0.349 e. The third-order valence-corrected chi connectivity index (χ3v) is 6.15. The fourth-order valence-corrected chi connectivity index (χ4v) is 4.21. The fraction of sp³-hybridized carbons (Fsp3) is 0.273. The van der Waals surface area contributed by atoms with Crippen molar-refractivity contribution < 1.29 is 9.59 Å². The van der Waals surface area contributed by atoms with Crippen LogP contribution in [0.4, 0.5) is 5.69 Å². The van der Waals surface area contributed by atoms with Crippen LogP contribution in [-0.2, 0) is 4.79 Å². The number of nitrogens with one attached hydrogen (secondary N) is 3. The van der Waals surface area contributed by atoms with Crippen LogP contribution >= 0.6 is 23.4 Å². The number of hydrogen-bond acceptors (Lipinski definition) is 5. The number of para-hydroxylation sites is 1. The molecule has 1 saturated carbocycles. The Morgan fingerprint density at radius 3 is 2.61 bits per heavy atom. The van der Waals surface area contributed by atoms with Gasteiger partial charge in [-0.2, -0.15) is 0 Å². The number of H-pyrrole nitrogens is 1. The minimum Gasteiger partial charge on any atom is -0.349 e. The van der Waals surface area contributed by atoms with Crippen LogP contribution in [-0.4, -0.2) is 38.8 Å².